The Hall–Kier alpha value is 0.400. The van der Waals surface area contributed by atoms with E-state index in [1.54, 1.807) is 11.3 Å². The van der Waals surface area contributed by atoms with Crippen molar-refractivity contribution in [1.29, 1.82) is 0 Å². The van der Waals surface area contributed by atoms with Gasteiger partial charge in [0.25, 0.3) is 0 Å². The zero-order valence-corrected chi connectivity index (χ0v) is 9.22. The molecule has 0 radical (unpaired) electrons. The van der Waals surface area contributed by atoms with Gasteiger partial charge in [-0.15, -0.1) is 17.9 Å². The summed E-state index contributed by atoms with van der Waals surface area (Å²) in [6.45, 7) is 3.67. The minimum absolute atomic E-state index is 0.953. The number of thiophene rings is 1. The lowest BCUT2D eigenvalue weighted by Gasteiger charge is -1.82. The molecular weight excluding hydrogens is 276 g/mol. The summed E-state index contributed by atoms with van der Waals surface area (Å²) >= 11 is 8.58. The third-order valence-electron chi connectivity index (χ3n) is 1.04. The molecule has 0 aliphatic carbocycles. The molecule has 0 spiro atoms. The van der Waals surface area contributed by atoms with E-state index in [0.717, 1.165) is 14.7 Å². The van der Waals surface area contributed by atoms with Gasteiger partial charge in [-0.1, -0.05) is 6.08 Å². The summed E-state index contributed by atoms with van der Waals surface area (Å²) in [5, 5.41) is 0. The molecule has 1 heterocycles. The highest BCUT2D eigenvalue weighted by Crippen LogP contribution is 2.32. The maximum atomic E-state index is 3.67. The summed E-state index contributed by atoms with van der Waals surface area (Å²) in [5.41, 5.74) is 0. The molecule has 0 aliphatic heterocycles. The average molecular weight is 282 g/mol. The molecule has 0 nitrogen and oxygen atoms in total. The fraction of sp³-hybridized carbons (Fsp3) is 0.143. The molecule has 1 aromatic rings. The van der Waals surface area contributed by atoms with Crippen LogP contribution in [0.15, 0.2) is 27.0 Å². The van der Waals surface area contributed by atoms with Gasteiger partial charge >= 0.3 is 0 Å². The van der Waals surface area contributed by atoms with Crippen molar-refractivity contribution < 1.29 is 0 Å². The molecule has 0 unspecified atom stereocenters. The predicted molar refractivity (Wildman–Crippen MR) is 53.6 cm³/mol. The van der Waals surface area contributed by atoms with Gasteiger partial charge in [0.2, 0.25) is 0 Å². The quantitative estimate of drug-likeness (QED) is 0.719. The summed E-state index contributed by atoms with van der Waals surface area (Å²) in [4.78, 5) is 1.33. The number of hydrogen-bond acceptors (Lipinski definition) is 1. The van der Waals surface area contributed by atoms with Crippen LogP contribution in [0.25, 0.3) is 0 Å². The molecular formula is C7H6Br2S. The van der Waals surface area contributed by atoms with Crippen molar-refractivity contribution in [3.05, 3.63) is 31.9 Å². The second-order valence-corrected chi connectivity index (χ2v) is 5.14. The second kappa shape index (κ2) is 3.69. The van der Waals surface area contributed by atoms with Gasteiger partial charge in [-0.2, -0.15) is 0 Å². The molecule has 0 N–H and O–H groups in total. The highest BCUT2D eigenvalue weighted by atomic mass is 79.9. The molecule has 0 aromatic carbocycles. The van der Waals surface area contributed by atoms with Crippen molar-refractivity contribution in [1.82, 2.24) is 0 Å². The number of rotatable bonds is 2. The lowest BCUT2D eigenvalue weighted by molar-refractivity contribution is 1.35. The van der Waals surface area contributed by atoms with Gasteiger partial charge in [-0.25, -0.2) is 0 Å². The van der Waals surface area contributed by atoms with Crippen LogP contribution in [0.2, 0.25) is 0 Å². The minimum Gasteiger partial charge on any atom is -0.132 e. The van der Waals surface area contributed by atoms with Crippen LogP contribution in [0.3, 0.4) is 0 Å². The van der Waals surface area contributed by atoms with E-state index in [1.807, 2.05) is 6.08 Å². The zero-order chi connectivity index (χ0) is 7.56. The topological polar surface area (TPSA) is 0 Å². The van der Waals surface area contributed by atoms with E-state index in [4.69, 9.17) is 0 Å². The lowest BCUT2D eigenvalue weighted by atomic mass is 10.3. The monoisotopic (exact) mass is 280 g/mol. The smallest absolute Gasteiger partial charge is 0.0843 e. The predicted octanol–water partition coefficient (Wildman–Crippen LogP) is 4.00. The second-order valence-electron chi connectivity index (χ2n) is 1.83. The molecule has 0 fully saturated rings. The van der Waals surface area contributed by atoms with Crippen LogP contribution >= 0.6 is 43.2 Å². The van der Waals surface area contributed by atoms with Crippen molar-refractivity contribution in [2.24, 2.45) is 0 Å². The highest BCUT2D eigenvalue weighted by Gasteiger charge is 2.00. The Labute approximate surface area is 81.2 Å². The third kappa shape index (κ3) is 1.94. The maximum absolute atomic E-state index is 3.67. The summed E-state index contributed by atoms with van der Waals surface area (Å²) in [6, 6.07) is 2.11. The van der Waals surface area contributed by atoms with Gasteiger partial charge in [0, 0.05) is 9.35 Å². The van der Waals surface area contributed by atoms with Crippen molar-refractivity contribution >= 4 is 43.2 Å². The molecule has 0 saturated heterocycles. The molecule has 0 bridgehead atoms. The summed E-state index contributed by atoms with van der Waals surface area (Å²) in [6.07, 6.45) is 2.86. The maximum Gasteiger partial charge on any atom is 0.0843 e. The van der Waals surface area contributed by atoms with Crippen molar-refractivity contribution in [2.75, 3.05) is 0 Å². The molecule has 0 aliphatic rings. The first-order valence-electron chi connectivity index (χ1n) is 2.78. The average Bonchev–Trinajstić information content (AvgIpc) is 2.14. The summed E-state index contributed by atoms with van der Waals surface area (Å²) < 4.78 is 2.29. The summed E-state index contributed by atoms with van der Waals surface area (Å²) in [5.74, 6) is 0. The molecule has 0 atom stereocenters. The Kier molecular flexibility index (Phi) is 3.14. The van der Waals surface area contributed by atoms with Crippen molar-refractivity contribution in [3.8, 4) is 0 Å². The Balaban J connectivity index is 2.86. The molecule has 10 heavy (non-hydrogen) atoms. The zero-order valence-electron chi connectivity index (χ0n) is 5.23. The van der Waals surface area contributed by atoms with Crippen LogP contribution in [-0.2, 0) is 6.42 Å². The van der Waals surface area contributed by atoms with E-state index in [2.05, 4.69) is 44.5 Å². The molecule has 0 amide bonds. The van der Waals surface area contributed by atoms with Gasteiger partial charge in [0.15, 0.2) is 0 Å². The van der Waals surface area contributed by atoms with E-state index < -0.39 is 0 Å². The SMILES string of the molecule is C=CCc1cc(Br)c(Br)s1. The van der Waals surface area contributed by atoms with Crippen molar-refractivity contribution in [3.63, 3.8) is 0 Å². The van der Waals surface area contributed by atoms with Crippen LogP contribution < -0.4 is 0 Å². The minimum atomic E-state index is 0.953. The van der Waals surface area contributed by atoms with Crippen molar-refractivity contribution in [2.45, 2.75) is 6.42 Å². The normalized spacial score (nSPS) is 9.80. The first-order valence-corrected chi connectivity index (χ1v) is 5.19. The van der Waals surface area contributed by atoms with Gasteiger partial charge < -0.3 is 0 Å². The Bertz CT molecular complexity index is 220. The van der Waals surface area contributed by atoms with Gasteiger partial charge in [0.05, 0.1) is 3.79 Å². The third-order valence-corrected chi connectivity index (χ3v) is 4.32. The van der Waals surface area contributed by atoms with Gasteiger partial charge in [-0.3, -0.25) is 0 Å². The highest BCUT2D eigenvalue weighted by molar-refractivity contribution is 9.13. The van der Waals surface area contributed by atoms with Gasteiger partial charge in [0.1, 0.15) is 0 Å². The standard InChI is InChI=1S/C7H6Br2S/c1-2-3-5-4-6(8)7(9)10-5/h2,4H,1,3H2. The van der Waals surface area contributed by atoms with Crippen LogP contribution in [0.4, 0.5) is 0 Å². The van der Waals surface area contributed by atoms with E-state index in [-0.39, 0.29) is 0 Å². The lowest BCUT2D eigenvalue weighted by Crippen LogP contribution is -1.67. The van der Waals surface area contributed by atoms with E-state index in [9.17, 15) is 0 Å². The van der Waals surface area contributed by atoms with E-state index in [1.165, 1.54) is 4.88 Å². The van der Waals surface area contributed by atoms with Crippen LogP contribution in [0.1, 0.15) is 4.88 Å². The Morgan fingerprint density at radius 3 is 2.70 bits per heavy atom. The molecule has 0 saturated carbocycles. The fourth-order valence-electron chi connectivity index (χ4n) is 0.634. The molecule has 3 heteroatoms. The van der Waals surface area contributed by atoms with Crippen LogP contribution in [0, 0.1) is 0 Å². The molecule has 1 aromatic heterocycles. The molecule has 1 rings (SSSR count). The Morgan fingerprint density at radius 1 is 1.60 bits per heavy atom. The first kappa shape index (κ1) is 8.50. The van der Waals surface area contributed by atoms with Crippen LogP contribution in [0.5, 0.6) is 0 Å². The Morgan fingerprint density at radius 2 is 2.30 bits per heavy atom. The van der Waals surface area contributed by atoms with Crippen LogP contribution in [-0.4, -0.2) is 0 Å². The largest absolute Gasteiger partial charge is 0.132 e. The van der Waals surface area contributed by atoms with E-state index in [0.29, 0.717) is 0 Å². The summed E-state index contributed by atoms with van der Waals surface area (Å²) in [7, 11) is 0. The first-order chi connectivity index (χ1) is 4.74. The fourth-order valence-corrected chi connectivity index (χ4v) is 2.81. The number of halogens is 2. The molecule has 54 valence electrons. The van der Waals surface area contributed by atoms with E-state index >= 15 is 0 Å². The number of allylic oxidation sites excluding steroid dienone is 1. The number of hydrogen-bond donors (Lipinski definition) is 0. The van der Waals surface area contributed by atoms with Gasteiger partial charge in [-0.05, 0) is 44.3 Å².